The Morgan fingerprint density at radius 1 is 0.958 bits per heavy atom. The largest absolute Gasteiger partial charge is 0.492 e. The van der Waals surface area contributed by atoms with Gasteiger partial charge in [0.1, 0.15) is 12.4 Å². The second-order valence-electron chi connectivity index (χ2n) is 5.44. The molecule has 3 N–H and O–H groups in total. The molecule has 0 unspecified atom stereocenters. The van der Waals surface area contributed by atoms with Crippen molar-refractivity contribution in [2.45, 2.75) is 0 Å². The third kappa shape index (κ3) is 3.75. The van der Waals surface area contributed by atoms with Gasteiger partial charge in [-0.05, 0) is 49.5 Å². The van der Waals surface area contributed by atoms with E-state index in [-0.39, 0.29) is 0 Å². The number of rotatable bonds is 7. The third-order valence-electron chi connectivity index (χ3n) is 3.79. The molecule has 0 aliphatic carbocycles. The molecule has 0 saturated heterocycles. The lowest BCUT2D eigenvalue weighted by Gasteiger charge is -2.11. The number of likely N-dealkylation sites (N-methyl/N-ethyl adjacent to an activating group) is 1. The molecular weight excluding hydrogens is 300 g/mol. The van der Waals surface area contributed by atoms with Gasteiger partial charge < -0.3 is 20.7 Å². The first kappa shape index (κ1) is 16.1. The molecule has 0 fully saturated rings. The van der Waals surface area contributed by atoms with E-state index >= 15 is 0 Å². The minimum atomic E-state index is 0.637. The minimum absolute atomic E-state index is 0.637. The van der Waals surface area contributed by atoms with Crippen LogP contribution in [0.4, 0.5) is 17.1 Å². The van der Waals surface area contributed by atoms with Crippen molar-refractivity contribution in [3.8, 4) is 5.75 Å². The first-order chi connectivity index (χ1) is 11.8. The summed E-state index contributed by atoms with van der Waals surface area (Å²) < 4.78 is 5.71. The molecule has 5 nitrogen and oxygen atoms in total. The van der Waals surface area contributed by atoms with Crippen molar-refractivity contribution in [1.82, 2.24) is 10.3 Å². The van der Waals surface area contributed by atoms with Gasteiger partial charge in [0.15, 0.2) is 0 Å². The average molecular weight is 322 g/mol. The van der Waals surface area contributed by atoms with Gasteiger partial charge >= 0.3 is 0 Å². The monoisotopic (exact) mass is 322 g/mol. The third-order valence-corrected chi connectivity index (χ3v) is 3.79. The maximum absolute atomic E-state index is 5.71. The number of hydrogen-bond acceptors (Lipinski definition) is 5. The van der Waals surface area contributed by atoms with Crippen molar-refractivity contribution >= 4 is 28.0 Å². The van der Waals surface area contributed by atoms with Gasteiger partial charge in [-0.1, -0.05) is 0 Å². The number of ether oxygens (including phenoxy) is 1. The molecule has 0 aliphatic heterocycles. The molecule has 0 saturated carbocycles. The van der Waals surface area contributed by atoms with Crippen LogP contribution in [0.2, 0.25) is 0 Å². The van der Waals surface area contributed by atoms with E-state index in [2.05, 4.69) is 20.9 Å². The van der Waals surface area contributed by atoms with E-state index in [1.54, 1.807) is 0 Å². The Kier molecular flexibility index (Phi) is 5.13. The van der Waals surface area contributed by atoms with Crippen molar-refractivity contribution in [3.63, 3.8) is 0 Å². The molecule has 0 spiro atoms. The number of benzene rings is 2. The summed E-state index contributed by atoms with van der Waals surface area (Å²) in [5.74, 6) is 0.834. The van der Waals surface area contributed by atoms with Crippen LogP contribution in [0, 0.1) is 0 Å². The van der Waals surface area contributed by atoms with Gasteiger partial charge in [0, 0.05) is 48.3 Å². The molecule has 3 aromatic rings. The van der Waals surface area contributed by atoms with Gasteiger partial charge in [-0.2, -0.15) is 0 Å². The lowest BCUT2D eigenvalue weighted by atomic mass is 10.1. The molecule has 3 rings (SSSR count). The maximum Gasteiger partial charge on any atom is 0.121 e. The summed E-state index contributed by atoms with van der Waals surface area (Å²) in [5, 5.41) is 10.7. The van der Waals surface area contributed by atoms with Gasteiger partial charge in [-0.15, -0.1) is 0 Å². The van der Waals surface area contributed by atoms with E-state index in [9.17, 15) is 0 Å². The number of anilines is 3. The molecule has 1 aromatic heterocycles. The molecule has 1 heterocycles. The van der Waals surface area contributed by atoms with Gasteiger partial charge in [-0.3, -0.25) is 4.98 Å². The van der Waals surface area contributed by atoms with Crippen LogP contribution in [0.5, 0.6) is 5.75 Å². The molecular formula is C19H22N4O. The molecule has 2 aromatic carbocycles. The lowest BCUT2D eigenvalue weighted by Crippen LogP contribution is -2.15. The Bertz CT molecular complexity index is 802. The summed E-state index contributed by atoms with van der Waals surface area (Å²) in [6.07, 6.45) is 1.81. The molecule has 0 atom stereocenters. The van der Waals surface area contributed by atoms with E-state index in [1.807, 2.05) is 68.8 Å². The summed E-state index contributed by atoms with van der Waals surface area (Å²) >= 11 is 0. The maximum atomic E-state index is 5.71. The number of fused-ring (bicyclic) bond motifs is 1. The SMILES string of the molecule is CNCCOc1ccc2c(Nc3ccc(NC)cc3)ccnc2c1. The molecule has 0 amide bonds. The Balaban J connectivity index is 1.82. The van der Waals surface area contributed by atoms with Crippen molar-refractivity contribution < 1.29 is 4.74 Å². The van der Waals surface area contributed by atoms with Gasteiger partial charge in [0.05, 0.1) is 5.52 Å². The molecule has 124 valence electrons. The van der Waals surface area contributed by atoms with Crippen LogP contribution in [-0.4, -0.2) is 32.2 Å². The van der Waals surface area contributed by atoms with Crippen LogP contribution in [-0.2, 0) is 0 Å². The topological polar surface area (TPSA) is 58.2 Å². The highest BCUT2D eigenvalue weighted by molar-refractivity contribution is 5.93. The van der Waals surface area contributed by atoms with Crippen LogP contribution < -0.4 is 20.7 Å². The fraction of sp³-hybridized carbons (Fsp3) is 0.211. The second kappa shape index (κ2) is 7.66. The van der Waals surface area contributed by atoms with E-state index < -0.39 is 0 Å². The van der Waals surface area contributed by atoms with Crippen LogP contribution in [0.3, 0.4) is 0 Å². The quantitative estimate of drug-likeness (QED) is 0.580. The highest BCUT2D eigenvalue weighted by Gasteiger charge is 2.04. The first-order valence-corrected chi connectivity index (χ1v) is 8.01. The first-order valence-electron chi connectivity index (χ1n) is 8.01. The van der Waals surface area contributed by atoms with Crippen molar-refractivity contribution in [2.24, 2.45) is 0 Å². The number of nitrogens with one attached hydrogen (secondary N) is 3. The van der Waals surface area contributed by atoms with E-state index in [0.29, 0.717) is 6.61 Å². The van der Waals surface area contributed by atoms with Gasteiger partial charge in [0.25, 0.3) is 0 Å². The molecule has 5 heteroatoms. The van der Waals surface area contributed by atoms with Crippen molar-refractivity contribution in [2.75, 3.05) is 37.9 Å². The predicted octanol–water partition coefficient (Wildman–Crippen LogP) is 3.62. The smallest absolute Gasteiger partial charge is 0.121 e. The van der Waals surface area contributed by atoms with Crippen LogP contribution >= 0.6 is 0 Å². The zero-order valence-corrected chi connectivity index (χ0v) is 14.0. The highest BCUT2D eigenvalue weighted by atomic mass is 16.5. The number of aromatic nitrogens is 1. The fourth-order valence-electron chi connectivity index (χ4n) is 2.47. The van der Waals surface area contributed by atoms with Crippen LogP contribution in [0.1, 0.15) is 0 Å². The second-order valence-corrected chi connectivity index (χ2v) is 5.44. The van der Waals surface area contributed by atoms with Crippen LogP contribution in [0.15, 0.2) is 54.7 Å². The normalized spacial score (nSPS) is 10.6. The Morgan fingerprint density at radius 2 is 1.75 bits per heavy atom. The van der Waals surface area contributed by atoms with E-state index in [1.165, 1.54) is 0 Å². The summed E-state index contributed by atoms with van der Waals surface area (Å²) in [6.45, 7) is 1.45. The van der Waals surface area contributed by atoms with E-state index in [4.69, 9.17) is 4.74 Å². The number of nitrogens with zero attached hydrogens (tertiary/aromatic N) is 1. The average Bonchev–Trinajstić information content (AvgIpc) is 2.63. The summed E-state index contributed by atoms with van der Waals surface area (Å²) in [4.78, 5) is 4.45. The highest BCUT2D eigenvalue weighted by Crippen LogP contribution is 2.28. The number of hydrogen-bond donors (Lipinski definition) is 3. The lowest BCUT2D eigenvalue weighted by molar-refractivity contribution is 0.319. The Morgan fingerprint density at radius 3 is 2.50 bits per heavy atom. The van der Waals surface area contributed by atoms with Crippen LogP contribution in [0.25, 0.3) is 10.9 Å². The minimum Gasteiger partial charge on any atom is -0.492 e. The predicted molar refractivity (Wildman–Crippen MR) is 100 cm³/mol. The summed E-state index contributed by atoms with van der Waals surface area (Å²) in [5.41, 5.74) is 4.06. The number of pyridine rings is 1. The summed E-state index contributed by atoms with van der Waals surface area (Å²) in [7, 11) is 3.82. The summed E-state index contributed by atoms with van der Waals surface area (Å²) in [6, 6.07) is 16.2. The fourth-order valence-corrected chi connectivity index (χ4v) is 2.47. The molecule has 0 bridgehead atoms. The Labute approximate surface area is 142 Å². The van der Waals surface area contributed by atoms with Crippen molar-refractivity contribution in [1.29, 1.82) is 0 Å². The Hall–Kier alpha value is -2.79. The molecule has 0 radical (unpaired) electrons. The molecule has 24 heavy (non-hydrogen) atoms. The molecule has 0 aliphatic rings. The van der Waals surface area contributed by atoms with E-state index in [0.717, 1.165) is 40.3 Å². The van der Waals surface area contributed by atoms with Crippen molar-refractivity contribution in [3.05, 3.63) is 54.7 Å². The zero-order chi connectivity index (χ0) is 16.8. The zero-order valence-electron chi connectivity index (χ0n) is 14.0. The standard InChI is InChI=1S/C19H22N4O/c1-20-11-12-24-16-7-8-17-18(9-10-22-19(17)13-16)23-15-5-3-14(21-2)4-6-15/h3-10,13,20-21H,11-12H2,1-2H3,(H,22,23). The van der Waals surface area contributed by atoms with Gasteiger partial charge in [0.2, 0.25) is 0 Å². The van der Waals surface area contributed by atoms with Gasteiger partial charge in [-0.25, -0.2) is 0 Å².